The number of rotatable bonds is 6. The molecule has 0 saturated carbocycles. The summed E-state index contributed by atoms with van der Waals surface area (Å²) in [4.78, 5) is 15.7. The van der Waals surface area contributed by atoms with Gasteiger partial charge in [0.05, 0.1) is 0 Å². The van der Waals surface area contributed by atoms with E-state index in [1.165, 1.54) is 22.5 Å². The molecule has 0 unspecified atom stereocenters. The van der Waals surface area contributed by atoms with Crippen LogP contribution in [-0.2, 0) is 10.0 Å². The quantitative estimate of drug-likeness (QED) is 0.784. The lowest BCUT2D eigenvalue weighted by Crippen LogP contribution is -2.54. The number of amides is 2. The molecule has 1 fully saturated rings. The SMILES string of the molecule is CC(C)[C@H](CNC(=O)N1CCN(S(=O)(=O)c2ccccc2F)CC1)N(C)C. The van der Waals surface area contributed by atoms with E-state index in [9.17, 15) is 17.6 Å². The van der Waals surface area contributed by atoms with E-state index >= 15 is 0 Å². The second-order valence-corrected chi connectivity index (χ2v) is 9.19. The number of sulfonamides is 1. The summed E-state index contributed by atoms with van der Waals surface area (Å²) in [6.45, 7) is 5.56. The smallest absolute Gasteiger partial charge is 0.317 e. The lowest BCUT2D eigenvalue weighted by atomic mass is 10.0. The Morgan fingerprint density at radius 1 is 1.19 bits per heavy atom. The van der Waals surface area contributed by atoms with Gasteiger partial charge in [-0.05, 0) is 32.1 Å². The molecule has 1 N–H and O–H groups in total. The van der Waals surface area contributed by atoms with E-state index in [1.807, 2.05) is 14.1 Å². The molecule has 9 heteroatoms. The number of carbonyl (C=O) groups is 1. The fourth-order valence-corrected chi connectivity index (χ4v) is 4.73. The van der Waals surface area contributed by atoms with Gasteiger partial charge in [-0.3, -0.25) is 0 Å². The zero-order valence-electron chi connectivity index (χ0n) is 16.4. The minimum absolute atomic E-state index is 0.144. The first kappa shape index (κ1) is 21.6. The van der Waals surface area contributed by atoms with E-state index in [0.717, 1.165) is 6.07 Å². The molecule has 2 amide bonds. The van der Waals surface area contributed by atoms with Gasteiger partial charge >= 0.3 is 6.03 Å². The molecule has 1 aromatic carbocycles. The number of urea groups is 1. The Bertz CT molecular complexity index is 739. The molecule has 0 aromatic heterocycles. The van der Waals surface area contributed by atoms with E-state index in [2.05, 4.69) is 24.1 Å². The van der Waals surface area contributed by atoms with Crippen LogP contribution in [0.5, 0.6) is 0 Å². The molecule has 2 rings (SSSR count). The van der Waals surface area contributed by atoms with Crippen LogP contribution in [0.2, 0.25) is 0 Å². The maximum atomic E-state index is 13.9. The molecule has 1 aliphatic heterocycles. The Morgan fingerprint density at radius 3 is 2.30 bits per heavy atom. The fourth-order valence-electron chi connectivity index (χ4n) is 3.24. The third-order valence-corrected chi connectivity index (χ3v) is 6.81. The largest absolute Gasteiger partial charge is 0.336 e. The molecule has 0 aliphatic carbocycles. The van der Waals surface area contributed by atoms with E-state index < -0.39 is 15.8 Å². The summed E-state index contributed by atoms with van der Waals surface area (Å²) in [6.07, 6.45) is 0. The molecule has 1 heterocycles. The number of carbonyl (C=O) groups excluding carboxylic acids is 1. The molecular weight excluding hydrogens is 371 g/mol. The number of benzene rings is 1. The summed E-state index contributed by atoms with van der Waals surface area (Å²) in [5.41, 5.74) is 0. The minimum atomic E-state index is -3.90. The molecular formula is C18H29FN4O3S. The third-order valence-electron chi connectivity index (χ3n) is 4.88. The Hall–Kier alpha value is -1.71. The van der Waals surface area contributed by atoms with Crippen LogP contribution in [0.15, 0.2) is 29.2 Å². The van der Waals surface area contributed by atoms with Crippen LogP contribution in [-0.4, -0.2) is 81.4 Å². The minimum Gasteiger partial charge on any atom is -0.336 e. The second kappa shape index (κ2) is 8.99. The van der Waals surface area contributed by atoms with Crippen LogP contribution in [0.4, 0.5) is 9.18 Å². The number of hydrogen-bond donors (Lipinski definition) is 1. The van der Waals surface area contributed by atoms with Gasteiger partial charge in [0, 0.05) is 38.8 Å². The van der Waals surface area contributed by atoms with Gasteiger partial charge in [-0.25, -0.2) is 17.6 Å². The highest BCUT2D eigenvalue weighted by Crippen LogP contribution is 2.20. The van der Waals surface area contributed by atoms with Crippen LogP contribution in [0.1, 0.15) is 13.8 Å². The lowest BCUT2D eigenvalue weighted by molar-refractivity contribution is 0.164. The normalized spacial score (nSPS) is 17.4. The average molecular weight is 401 g/mol. The standard InChI is InChI=1S/C18H29FN4O3S/c1-14(2)16(21(3)4)13-20-18(24)22-9-11-23(12-10-22)27(25,26)17-8-6-5-7-15(17)19/h5-8,14,16H,9-13H2,1-4H3,(H,20,24)/t16-/m0/s1. The number of nitrogens with one attached hydrogen (secondary N) is 1. The monoisotopic (exact) mass is 400 g/mol. The number of nitrogens with zero attached hydrogens (tertiary/aromatic N) is 3. The van der Waals surface area contributed by atoms with Gasteiger partial charge in [-0.1, -0.05) is 26.0 Å². The third kappa shape index (κ3) is 5.18. The van der Waals surface area contributed by atoms with Crippen molar-refractivity contribution < 1.29 is 17.6 Å². The van der Waals surface area contributed by atoms with Crippen molar-refractivity contribution in [1.82, 2.24) is 19.4 Å². The maximum Gasteiger partial charge on any atom is 0.317 e. The number of piperazine rings is 1. The van der Waals surface area contributed by atoms with E-state index in [-0.39, 0.29) is 43.1 Å². The van der Waals surface area contributed by atoms with Gasteiger partial charge in [-0.2, -0.15) is 4.31 Å². The van der Waals surface area contributed by atoms with Crippen LogP contribution in [0.3, 0.4) is 0 Å². The Labute approximate surface area is 161 Å². The van der Waals surface area contributed by atoms with Crippen LogP contribution >= 0.6 is 0 Å². The van der Waals surface area contributed by atoms with E-state index in [1.54, 1.807) is 4.90 Å². The molecule has 1 atom stereocenters. The van der Waals surface area contributed by atoms with Crippen molar-refractivity contribution in [2.24, 2.45) is 5.92 Å². The highest BCUT2D eigenvalue weighted by atomic mass is 32.2. The first-order valence-corrected chi connectivity index (χ1v) is 10.5. The molecule has 1 saturated heterocycles. The van der Waals surface area contributed by atoms with Gasteiger partial charge in [0.15, 0.2) is 0 Å². The van der Waals surface area contributed by atoms with Crippen LogP contribution in [0.25, 0.3) is 0 Å². The summed E-state index contributed by atoms with van der Waals surface area (Å²) in [7, 11) is 0.0540. The van der Waals surface area contributed by atoms with Crippen molar-refractivity contribution in [2.75, 3.05) is 46.8 Å². The van der Waals surface area contributed by atoms with Crippen LogP contribution in [0, 0.1) is 11.7 Å². The average Bonchev–Trinajstić information content (AvgIpc) is 2.61. The molecule has 0 radical (unpaired) electrons. The van der Waals surface area contributed by atoms with E-state index in [4.69, 9.17) is 0 Å². The number of hydrogen-bond acceptors (Lipinski definition) is 4. The lowest BCUT2D eigenvalue weighted by Gasteiger charge is -2.35. The van der Waals surface area contributed by atoms with Crippen molar-refractivity contribution in [2.45, 2.75) is 24.8 Å². The maximum absolute atomic E-state index is 13.9. The molecule has 1 aromatic rings. The summed E-state index contributed by atoms with van der Waals surface area (Å²) in [5, 5.41) is 2.93. The first-order chi connectivity index (χ1) is 12.6. The molecule has 0 spiro atoms. The number of likely N-dealkylation sites (N-methyl/N-ethyl adjacent to an activating group) is 1. The van der Waals surface area contributed by atoms with Crippen molar-refractivity contribution in [1.29, 1.82) is 0 Å². The zero-order valence-corrected chi connectivity index (χ0v) is 17.2. The molecule has 152 valence electrons. The van der Waals surface area contributed by atoms with Crippen molar-refractivity contribution >= 4 is 16.1 Å². The van der Waals surface area contributed by atoms with Crippen LogP contribution < -0.4 is 5.32 Å². The Balaban J connectivity index is 1.93. The predicted molar refractivity (Wildman–Crippen MR) is 102 cm³/mol. The predicted octanol–water partition coefficient (Wildman–Crippen LogP) is 1.43. The van der Waals surface area contributed by atoms with E-state index in [0.29, 0.717) is 12.5 Å². The topological polar surface area (TPSA) is 73.0 Å². The van der Waals surface area contributed by atoms with Gasteiger partial charge in [0.1, 0.15) is 10.7 Å². The molecule has 27 heavy (non-hydrogen) atoms. The van der Waals surface area contributed by atoms with Gasteiger partial charge in [-0.15, -0.1) is 0 Å². The Kier molecular flexibility index (Phi) is 7.19. The summed E-state index contributed by atoms with van der Waals surface area (Å²) < 4.78 is 40.3. The summed E-state index contributed by atoms with van der Waals surface area (Å²) in [6, 6.07) is 5.36. The zero-order chi connectivity index (χ0) is 20.2. The van der Waals surface area contributed by atoms with Crippen molar-refractivity contribution in [3.05, 3.63) is 30.1 Å². The molecule has 7 nitrogen and oxygen atoms in total. The first-order valence-electron chi connectivity index (χ1n) is 9.08. The van der Waals surface area contributed by atoms with Gasteiger partial charge in [0.25, 0.3) is 0 Å². The fraction of sp³-hybridized carbons (Fsp3) is 0.611. The highest BCUT2D eigenvalue weighted by molar-refractivity contribution is 7.89. The number of halogens is 1. The van der Waals surface area contributed by atoms with Crippen molar-refractivity contribution in [3.63, 3.8) is 0 Å². The molecule has 0 bridgehead atoms. The molecule has 1 aliphatic rings. The summed E-state index contributed by atoms with van der Waals surface area (Å²) >= 11 is 0. The Morgan fingerprint density at radius 2 is 1.78 bits per heavy atom. The van der Waals surface area contributed by atoms with Gasteiger partial charge < -0.3 is 15.1 Å². The van der Waals surface area contributed by atoms with Crippen molar-refractivity contribution in [3.8, 4) is 0 Å². The highest BCUT2D eigenvalue weighted by Gasteiger charge is 2.32. The second-order valence-electron chi connectivity index (χ2n) is 7.28. The summed E-state index contributed by atoms with van der Waals surface area (Å²) in [5.74, 6) is -0.371. The van der Waals surface area contributed by atoms with Gasteiger partial charge in [0.2, 0.25) is 10.0 Å².